The number of halogens is 1. The van der Waals surface area contributed by atoms with E-state index in [-0.39, 0.29) is 5.54 Å². The maximum atomic E-state index is 4.69. The van der Waals surface area contributed by atoms with E-state index in [1.807, 2.05) is 0 Å². The van der Waals surface area contributed by atoms with Gasteiger partial charge < -0.3 is 5.32 Å². The second-order valence-corrected chi connectivity index (χ2v) is 7.45. The summed E-state index contributed by atoms with van der Waals surface area (Å²) in [6.07, 6.45) is 0. The predicted molar refractivity (Wildman–Crippen MR) is 91.5 cm³/mol. The van der Waals surface area contributed by atoms with Crippen LogP contribution in [0.15, 0.2) is 28.7 Å². The molecule has 0 aliphatic heterocycles. The molecular formula is C17H24BrN3. The van der Waals surface area contributed by atoms with Gasteiger partial charge in [-0.25, -0.2) is 0 Å². The molecule has 0 aliphatic carbocycles. The van der Waals surface area contributed by atoms with Crippen molar-refractivity contribution in [3.63, 3.8) is 0 Å². The fourth-order valence-corrected chi connectivity index (χ4v) is 2.52. The van der Waals surface area contributed by atoms with Crippen LogP contribution in [0.3, 0.4) is 0 Å². The van der Waals surface area contributed by atoms with Gasteiger partial charge in [-0.15, -0.1) is 0 Å². The normalized spacial score (nSPS) is 11.9. The Morgan fingerprint density at radius 3 is 2.33 bits per heavy atom. The second kappa shape index (κ2) is 6.32. The van der Waals surface area contributed by atoms with Crippen molar-refractivity contribution in [2.45, 2.75) is 53.2 Å². The molecule has 3 nitrogen and oxygen atoms in total. The second-order valence-electron chi connectivity index (χ2n) is 6.54. The van der Waals surface area contributed by atoms with Gasteiger partial charge in [-0.2, -0.15) is 5.10 Å². The van der Waals surface area contributed by atoms with E-state index in [2.05, 4.69) is 84.8 Å². The summed E-state index contributed by atoms with van der Waals surface area (Å²) in [4.78, 5) is 0. The number of hydrogen-bond donors (Lipinski definition) is 1. The van der Waals surface area contributed by atoms with Crippen LogP contribution in [0.4, 0.5) is 0 Å². The third kappa shape index (κ3) is 4.42. The number of nitrogens with one attached hydrogen (secondary N) is 1. The summed E-state index contributed by atoms with van der Waals surface area (Å²) in [5, 5.41) is 8.24. The van der Waals surface area contributed by atoms with Crippen LogP contribution < -0.4 is 5.32 Å². The highest BCUT2D eigenvalue weighted by Crippen LogP contribution is 2.17. The summed E-state index contributed by atoms with van der Waals surface area (Å²) in [5.41, 5.74) is 5.04. The van der Waals surface area contributed by atoms with Crippen molar-refractivity contribution in [2.75, 3.05) is 0 Å². The molecule has 0 amide bonds. The van der Waals surface area contributed by atoms with Crippen molar-refractivity contribution in [3.05, 3.63) is 51.3 Å². The molecule has 2 aromatic rings. The Labute approximate surface area is 135 Å². The number of aryl methyl sites for hydroxylation is 1. The fourth-order valence-electron chi connectivity index (χ4n) is 2.26. The SMILES string of the molecule is Cc1nn(Cc2ccc(Br)cc2)c(C)c1CNC(C)(C)C. The van der Waals surface area contributed by atoms with Crippen molar-refractivity contribution in [1.29, 1.82) is 0 Å². The fraction of sp³-hybridized carbons (Fsp3) is 0.471. The minimum absolute atomic E-state index is 0.118. The first-order chi connectivity index (χ1) is 9.76. The summed E-state index contributed by atoms with van der Waals surface area (Å²) in [6, 6.07) is 8.41. The van der Waals surface area contributed by atoms with E-state index in [0.717, 1.165) is 23.3 Å². The van der Waals surface area contributed by atoms with Crippen LogP contribution >= 0.6 is 15.9 Å². The van der Waals surface area contributed by atoms with Gasteiger partial charge in [0.15, 0.2) is 0 Å². The molecule has 4 heteroatoms. The van der Waals surface area contributed by atoms with E-state index in [1.165, 1.54) is 16.8 Å². The van der Waals surface area contributed by atoms with Gasteiger partial charge in [-0.1, -0.05) is 28.1 Å². The first-order valence-corrected chi connectivity index (χ1v) is 8.08. The van der Waals surface area contributed by atoms with Crippen LogP contribution in [-0.2, 0) is 13.1 Å². The monoisotopic (exact) mass is 349 g/mol. The van der Waals surface area contributed by atoms with Gasteiger partial charge in [0, 0.05) is 27.8 Å². The van der Waals surface area contributed by atoms with Gasteiger partial charge in [-0.05, 0) is 52.3 Å². The zero-order valence-corrected chi connectivity index (χ0v) is 15.1. The predicted octanol–water partition coefficient (Wildman–Crippen LogP) is 4.20. The first-order valence-electron chi connectivity index (χ1n) is 7.28. The molecule has 0 atom stereocenters. The quantitative estimate of drug-likeness (QED) is 0.896. The van der Waals surface area contributed by atoms with E-state index < -0.39 is 0 Å². The van der Waals surface area contributed by atoms with Crippen molar-refractivity contribution >= 4 is 15.9 Å². The van der Waals surface area contributed by atoms with Gasteiger partial charge in [0.05, 0.1) is 12.2 Å². The van der Waals surface area contributed by atoms with Crippen molar-refractivity contribution in [2.24, 2.45) is 0 Å². The molecule has 0 bridgehead atoms. The Morgan fingerprint density at radius 1 is 1.14 bits per heavy atom. The Bertz CT molecular complexity index is 606. The van der Waals surface area contributed by atoms with Crippen LogP contribution in [0.5, 0.6) is 0 Å². The van der Waals surface area contributed by atoms with Gasteiger partial charge in [0.25, 0.3) is 0 Å². The van der Waals surface area contributed by atoms with Crippen molar-refractivity contribution in [1.82, 2.24) is 15.1 Å². The van der Waals surface area contributed by atoms with Gasteiger partial charge in [-0.3, -0.25) is 4.68 Å². The van der Waals surface area contributed by atoms with Gasteiger partial charge >= 0.3 is 0 Å². The van der Waals surface area contributed by atoms with E-state index >= 15 is 0 Å². The van der Waals surface area contributed by atoms with Crippen LogP contribution in [-0.4, -0.2) is 15.3 Å². The Kier molecular flexibility index (Phi) is 4.89. The number of nitrogens with zero attached hydrogens (tertiary/aromatic N) is 2. The first kappa shape index (κ1) is 16.2. The lowest BCUT2D eigenvalue weighted by atomic mass is 10.1. The summed E-state index contributed by atoms with van der Waals surface area (Å²) < 4.78 is 3.20. The van der Waals surface area contributed by atoms with Crippen LogP contribution in [0.25, 0.3) is 0 Å². The highest BCUT2D eigenvalue weighted by atomic mass is 79.9. The van der Waals surface area contributed by atoms with Crippen LogP contribution in [0.2, 0.25) is 0 Å². The molecule has 0 saturated carbocycles. The molecule has 0 saturated heterocycles. The molecule has 1 N–H and O–H groups in total. The van der Waals surface area contributed by atoms with Gasteiger partial charge in [0.1, 0.15) is 0 Å². The molecule has 0 unspecified atom stereocenters. The average molecular weight is 350 g/mol. The number of benzene rings is 1. The third-order valence-electron chi connectivity index (χ3n) is 3.57. The molecule has 0 radical (unpaired) electrons. The van der Waals surface area contributed by atoms with Crippen molar-refractivity contribution in [3.8, 4) is 0 Å². The zero-order valence-electron chi connectivity index (χ0n) is 13.5. The number of hydrogen-bond acceptors (Lipinski definition) is 2. The highest BCUT2D eigenvalue weighted by Gasteiger charge is 2.15. The standard InChI is InChI=1S/C17H24BrN3/c1-12-16(10-19-17(3,4)5)13(2)21(20-12)11-14-6-8-15(18)9-7-14/h6-9,19H,10-11H2,1-5H3. The third-order valence-corrected chi connectivity index (χ3v) is 4.10. The molecule has 21 heavy (non-hydrogen) atoms. The number of aromatic nitrogens is 2. The average Bonchev–Trinajstić information content (AvgIpc) is 2.64. The summed E-state index contributed by atoms with van der Waals surface area (Å²) in [7, 11) is 0. The topological polar surface area (TPSA) is 29.9 Å². The number of rotatable bonds is 4. The largest absolute Gasteiger partial charge is 0.308 e. The smallest absolute Gasteiger partial charge is 0.0662 e. The lowest BCUT2D eigenvalue weighted by Crippen LogP contribution is -2.35. The maximum Gasteiger partial charge on any atom is 0.0662 e. The summed E-state index contributed by atoms with van der Waals surface area (Å²) >= 11 is 3.47. The Hall–Kier alpha value is -1.13. The molecule has 114 valence electrons. The molecule has 0 fully saturated rings. The van der Waals surface area contributed by atoms with Crippen LogP contribution in [0.1, 0.15) is 43.3 Å². The molecule has 0 spiro atoms. The van der Waals surface area contributed by atoms with E-state index in [4.69, 9.17) is 5.10 Å². The van der Waals surface area contributed by atoms with E-state index in [0.29, 0.717) is 0 Å². The summed E-state index contributed by atoms with van der Waals surface area (Å²) in [6.45, 7) is 12.5. The molecule has 0 aliphatic rings. The highest BCUT2D eigenvalue weighted by molar-refractivity contribution is 9.10. The maximum absolute atomic E-state index is 4.69. The zero-order chi connectivity index (χ0) is 15.6. The lowest BCUT2D eigenvalue weighted by Gasteiger charge is -2.20. The minimum atomic E-state index is 0.118. The Morgan fingerprint density at radius 2 is 1.76 bits per heavy atom. The van der Waals surface area contributed by atoms with Crippen LogP contribution in [0, 0.1) is 13.8 Å². The molecule has 1 aromatic carbocycles. The van der Waals surface area contributed by atoms with E-state index in [9.17, 15) is 0 Å². The molecule has 1 aromatic heterocycles. The molecular weight excluding hydrogens is 326 g/mol. The Balaban J connectivity index is 2.16. The van der Waals surface area contributed by atoms with Crippen molar-refractivity contribution < 1.29 is 0 Å². The molecule has 2 rings (SSSR count). The van der Waals surface area contributed by atoms with Gasteiger partial charge in [0.2, 0.25) is 0 Å². The lowest BCUT2D eigenvalue weighted by molar-refractivity contribution is 0.423. The summed E-state index contributed by atoms with van der Waals surface area (Å²) in [5.74, 6) is 0. The molecule has 1 heterocycles. The van der Waals surface area contributed by atoms with E-state index in [1.54, 1.807) is 0 Å². The minimum Gasteiger partial charge on any atom is -0.308 e.